The summed E-state index contributed by atoms with van der Waals surface area (Å²) in [6.07, 6.45) is 4.81. The maximum Gasteiger partial charge on any atom is 0.263 e. The lowest BCUT2D eigenvalue weighted by atomic mass is 10.0. The molecular weight excluding hydrogens is 450 g/mol. The first-order chi connectivity index (χ1) is 15.4. The number of carbonyl (C=O) groups is 1. The van der Waals surface area contributed by atoms with Crippen molar-refractivity contribution in [3.05, 3.63) is 66.1 Å². The van der Waals surface area contributed by atoms with E-state index in [9.17, 15) is 13.2 Å². The smallest absolute Gasteiger partial charge is 0.263 e. The van der Waals surface area contributed by atoms with Gasteiger partial charge in [-0.15, -0.1) is 0 Å². The number of pyridine rings is 2. The predicted molar refractivity (Wildman–Crippen MR) is 123 cm³/mol. The number of sulfonamides is 1. The maximum absolute atomic E-state index is 12.6. The number of anilines is 2. The molecule has 0 saturated heterocycles. The Morgan fingerprint density at radius 2 is 1.88 bits per heavy atom. The highest BCUT2D eigenvalue weighted by Crippen LogP contribution is 2.33. The van der Waals surface area contributed by atoms with Gasteiger partial charge in [-0.05, 0) is 60.4 Å². The second-order valence-corrected chi connectivity index (χ2v) is 9.63. The SMILES string of the molecule is O=C(Nc1cc(-c2ccc(NS(=O)(=O)c3ccc(Cl)nc3)cc2)c2cc[nH]c2n1)C1CC1. The number of benzene rings is 1. The topological polar surface area (TPSA) is 117 Å². The Balaban J connectivity index is 1.42. The Bertz CT molecular complexity index is 1410. The third-order valence-electron chi connectivity index (χ3n) is 5.19. The summed E-state index contributed by atoms with van der Waals surface area (Å²) in [7, 11) is -3.79. The van der Waals surface area contributed by atoms with Gasteiger partial charge in [0.05, 0.1) is 0 Å². The van der Waals surface area contributed by atoms with Crippen molar-refractivity contribution in [2.45, 2.75) is 17.7 Å². The molecule has 32 heavy (non-hydrogen) atoms. The van der Waals surface area contributed by atoms with E-state index >= 15 is 0 Å². The number of nitrogens with one attached hydrogen (secondary N) is 3. The van der Waals surface area contributed by atoms with Crippen LogP contribution in [-0.2, 0) is 14.8 Å². The molecule has 0 spiro atoms. The largest absolute Gasteiger partial charge is 0.346 e. The highest BCUT2D eigenvalue weighted by molar-refractivity contribution is 7.92. The van der Waals surface area contributed by atoms with Crippen molar-refractivity contribution in [1.82, 2.24) is 15.0 Å². The summed E-state index contributed by atoms with van der Waals surface area (Å²) in [5.41, 5.74) is 2.80. The van der Waals surface area contributed by atoms with E-state index in [0.29, 0.717) is 17.2 Å². The molecule has 0 bridgehead atoms. The minimum absolute atomic E-state index is 0.0178. The minimum atomic E-state index is -3.79. The van der Waals surface area contributed by atoms with Gasteiger partial charge in [-0.2, -0.15) is 0 Å². The molecule has 0 atom stereocenters. The van der Waals surface area contributed by atoms with Gasteiger partial charge < -0.3 is 10.3 Å². The lowest BCUT2D eigenvalue weighted by Gasteiger charge is -2.11. The Morgan fingerprint density at radius 3 is 2.56 bits per heavy atom. The summed E-state index contributed by atoms with van der Waals surface area (Å²) >= 11 is 5.73. The highest BCUT2D eigenvalue weighted by atomic mass is 35.5. The van der Waals surface area contributed by atoms with Gasteiger partial charge in [0.1, 0.15) is 21.5 Å². The van der Waals surface area contributed by atoms with Crippen molar-refractivity contribution in [2.24, 2.45) is 5.92 Å². The zero-order valence-electron chi connectivity index (χ0n) is 16.7. The van der Waals surface area contributed by atoms with Crippen molar-refractivity contribution in [3.8, 4) is 11.1 Å². The first-order valence-corrected chi connectivity index (χ1v) is 11.8. The van der Waals surface area contributed by atoms with Crippen LogP contribution in [0.1, 0.15) is 12.8 Å². The van der Waals surface area contributed by atoms with Gasteiger partial charge in [-0.1, -0.05) is 23.7 Å². The van der Waals surface area contributed by atoms with Crippen LogP contribution < -0.4 is 10.0 Å². The summed E-state index contributed by atoms with van der Waals surface area (Å²) < 4.78 is 27.7. The van der Waals surface area contributed by atoms with Crippen LogP contribution in [0.25, 0.3) is 22.2 Å². The second kappa shape index (κ2) is 7.92. The summed E-state index contributed by atoms with van der Waals surface area (Å²) in [5, 5.41) is 4.00. The summed E-state index contributed by atoms with van der Waals surface area (Å²) in [4.78, 5) is 23.6. The molecule has 1 saturated carbocycles. The Morgan fingerprint density at radius 1 is 1.09 bits per heavy atom. The lowest BCUT2D eigenvalue weighted by molar-refractivity contribution is -0.117. The standard InChI is InChI=1S/C22H18ClN5O3S/c23-19-8-7-16(12-25-19)32(30,31)28-15-5-3-13(4-6-15)18-11-20(27-22(29)14-1-2-14)26-21-17(18)9-10-24-21/h3-12,14,28H,1-2H2,(H2,24,26,27,29). The number of hydrogen-bond acceptors (Lipinski definition) is 5. The average Bonchev–Trinajstić information content (AvgIpc) is 3.52. The molecule has 3 heterocycles. The van der Waals surface area contributed by atoms with E-state index in [-0.39, 0.29) is 21.9 Å². The fourth-order valence-electron chi connectivity index (χ4n) is 3.37. The molecule has 10 heteroatoms. The molecule has 3 N–H and O–H groups in total. The molecule has 0 unspecified atom stereocenters. The molecule has 162 valence electrons. The van der Waals surface area contributed by atoms with Crippen molar-refractivity contribution in [2.75, 3.05) is 10.0 Å². The van der Waals surface area contributed by atoms with Gasteiger partial charge in [0.25, 0.3) is 10.0 Å². The average molecular weight is 468 g/mol. The number of halogens is 1. The Hall–Kier alpha value is -3.43. The van der Waals surface area contributed by atoms with Gasteiger partial charge in [-0.25, -0.2) is 18.4 Å². The first-order valence-electron chi connectivity index (χ1n) is 9.93. The normalized spacial score (nSPS) is 13.8. The van der Waals surface area contributed by atoms with Gasteiger partial charge in [0.15, 0.2) is 0 Å². The van der Waals surface area contributed by atoms with Crippen molar-refractivity contribution in [1.29, 1.82) is 0 Å². The summed E-state index contributed by atoms with van der Waals surface area (Å²) in [5.74, 6) is 0.533. The number of aromatic amines is 1. The van der Waals surface area contributed by atoms with E-state index in [4.69, 9.17) is 11.6 Å². The number of nitrogens with zero attached hydrogens (tertiary/aromatic N) is 2. The molecule has 0 radical (unpaired) electrons. The Kier molecular flexibility index (Phi) is 5.07. The molecule has 1 amide bonds. The van der Waals surface area contributed by atoms with Crippen LogP contribution in [0.3, 0.4) is 0 Å². The van der Waals surface area contributed by atoms with E-state index in [2.05, 4.69) is 25.0 Å². The number of amides is 1. The van der Waals surface area contributed by atoms with Crippen molar-refractivity contribution >= 4 is 50.1 Å². The zero-order chi connectivity index (χ0) is 22.3. The quantitative estimate of drug-likeness (QED) is 0.363. The Labute approximate surface area is 189 Å². The molecule has 5 rings (SSSR count). The van der Waals surface area contributed by atoms with Crippen LogP contribution in [0.5, 0.6) is 0 Å². The van der Waals surface area contributed by atoms with Crippen molar-refractivity contribution in [3.63, 3.8) is 0 Å². The van der Waals surface area contributed by atoms with Crippen molar-refractivity contribution < 1.29 is 13.2 Å². The molecule has 0 aliphatic heterocycles. The van der Waals surface area contributed by atoms with E-state index in [1.54, 1.807) is 18.3 Å². The molecule has 1 fully saturated rings. The van der Waals surface area contributed by atoms with Crippen LogP contribution in [-0.4, -0.2) is 29.3 Å². The monoisotopic (exact) mass is 467 g/mol. The fourth-order valence-corrected chi connectivity index (χ4v) is 4.48. The zero-order valence-corrected chi connectivity index (χ0v) is 18.2. The summed E-state index contributed by atoms with van der Waals surface area (Å²) in [6, 6.07) is 13.5. The number of hydrogen-bond donors (Lipinski definition) is 3. The van der Waals surface area contributed by atoms with Crippen LogP contribution in [0.15, 0.2) is 65.8 Å². The van der Waals surface area contributed by atoms with Gasteiger partial charge in [-0.3, -0.25) is 9.52 Å². The van der Waals surface area contributed by atoms with Crippen LogP contribution in [0, 0.1) is 5.92 Å². The van der Waals surface area contributed by atoms with Gasteiger partial charge in [0.2, 0.25) is 5.91 Å². The number of rotatable bonds is 6. The van der Waals surface area contributed by atoms with E-state index in [1.807, 2.05) is 24.3 Å². The fraction of sp³-hybridized carbons (Fsp3) is 0.136. The van der Waals surface area contributed by atoms with E-state index in [0.717, 1.165) is 29.4 Å². The minimum Gasteiger partial charge on any atom is -0.346 e. The molecule has 3 aromatic heterocycles. The van der Waals surface area contributed by atoms with Crippen LogP contribution in [0.4, 0.5) is 11.5 Å². The third-order valence-corrected chi connectivity index (χ3v) is 6.78. The lowest BCUT2D eigenvalue weighted by Crippen LogP contribution is -2.14. The molecule has 8 nitrogen and oxygen atoms in total. The number of H-pyrrole nitrogens is 1. The molecule has 4 aromatic rings. The highest BCUT2D eigenvalue weighted by Gasteiger charge is 2.30. The van der Waals surface area contributed by atoms with Crippen LogP contribution >= 0.6 is 11.6 Å². The predicted octanol–water partition coefficient (Wildman–Crippen LogP) is 4.43. The van der Waals surface area contributed by atoms with Gasteiger partial charge in [0, 0.05) is 29.4 Å². The second-order valence-electron chi connectivity index (χ2n) is 7.56. The summed E-state index contributed by atoms with van der Waals surface area (Å²) in [6.45, 7) is 0. The number of carbonyl (C=O) groups excluding carboxylic acids is 1. The van der Waals surface area contributed by atoms with E-state index < -0.39 is 10.0 Å². The van der Waals surface area contributed by atoms with Gasteiger partial charge >= 0.3 is 0 Å². The third kappa shape index (κ3) is 4.17. The van der Waals surface area contributed by atoms with E-state index in [1.165, 1.54) is 18.3 Å². The van der Waals surface area contributed by atoms with Crippen LogP contribution in [0.2, 0.25) is 5.15 Å². The first kappa shape index (κ1) is 20.5. The molecule has 1 aliphatic rings. The number of fused-ring (bicyclic) bond motifs is 1. The molecule has 1 aliphatic carbocycles. The molecular formula is C22H18ClN5O3S. The molecule has 1 aromatic carbocycles. The number of aromatic nitrogens is 3. The maximum atomic E-state index is 12.6.